The SMILES string of the molecule is Cc1ccc(Cl)cc1N1CCN(S(=O)(=O)c2cc(Cl)ccc2Cl)CC1. The minimum Gasteiger partial charge on any atom is -0.369 e. The molecule has 2 aromatic carbocycles. The van der Waals surface area contributed by atoms with Crippen LogP contribution in [0.3, 0.4) is 0 Å². The van der Waals surface area contributed by atoms with Gasteiger partial charge < -0.3 is 4.90 Å². The van der Waals surface area contributed by atoms with Gasteiger partial charge in [-0.2, -0.15) is 4.31 Å². The van der Waals surface area contributed by atoms with E-state index in [0.29, 0.717) is 36.2 Å². The van der Waals surface area contributed by atoms with Crippen molar-refractivity contribution in [1.82, 2.24) is 4.31 Å². The Morgan fingerprint density at radius 3 is 2.16 bits per heavy atom. The number of rotatable bonds is 3. The Labute approximate surface area is 162 Å². The molecule has 4 nitrogen and oxygen atoms in total. The van der Waals surface area contributed by atoms with Gasteiger partial charge in [-0.1, -0.05) is 40.9 Å². The van der Waals surface area contributed by atoms with Crippen LogP contribution in [-0.4, -0.2) is 38.9 Å². The third-order valence-corrected chi connectivity index (χ3v) is 7.11. The van der Waals surface area contributed by atoms with Gasteiger partial charge in [0.15, 0.2) is 0 Å². The topological polar surface area (TPSA) is 40.6 Å². The lowest BCUT2D eigenvalue weighted by Crippen LogP contribution is -2.48. The largest absolute Gasteiger partial charge is 0.369 e. The molecule has 1 fully saturated rings. The highest BCUT2D eigenvalue weighted by atomic mass is 35.5. The van der Waals surface area contributed by atoms with Gasteiger partial charge in [-0.25, -0.2) is 8.42 Å². The zero-order chi connectivity index (χ0) is 18.2. The molecule has 0 aromatic heterocycles. The predicted octanol–water partition coefficient (Wildman–Crippen LogP) is 4.47. The molecule has 1 saturated heterocycles. The molecule has 1 aliphatic heterocycles. The van der Waals surface area contributed by atoms with E-state index in [-0.39, 0.29) is 9.92 Å². The van der Waals surface area contributed by atoms with Gasteiger partial charge in [-0.15, -0.1) is 0 Å². The second-order valence-electron chi connectivity index (χ2n) is 5.90. The van der Waals surface area contributed by atoms with Crippen LogP contribution in [0.5, 0.6) is 0 Å². The maximum atomic E-state index is 12.9. The Bertz CT molecular complexity index is 895. The number of aryl methyl sites for hydroxylation is 1. The summed E-state index contributed by atoms with van der Waals surface area (Å²) in [5.74, 6) is 0. The first-order valence-electron chi connectivity index (χ1n) is 7.75. The molecule has 0 saturated carbocycles. The Hall–Kier alpha value is -0.980. The van der Waals surface area contributed by atoms with E-state index in [4.69, 9.17) is 34.8 Å². The van der Waals surface area contributed by atoms with Crippen molar-refractivity contribution in [3.8, 4) is 0 Å². The Morgan fingerprint density at radius 1 is 0.880 bits per heavy atom. The second kappa shape index (κ2) is 7.33. The van der Waals surface area contributed by atoms with Crippen molar-refractivity contribution in [1.29, 1.82) is 0 Å². The summed E-state index contributed by atoms with van der Waals surface area (Å²) in [6, 6.07) is 10.2. The highest BCUT2D eigenvalue weighted by molar-refractivity contribution is 7.89. The molecule has 134 valence electrons. The number of hydrogen-bond donors (Lipinski definition) is 0. The summed E-state index contributed by atoms with van der Waals surface area (Å²) < 4.78 is 27.2. The average Bonchev–Trinajstić information content (AvgIpc) is 2.59. The smallest absolute Gasteiger partial charge is 0.244 e. The average molecular weight is 420 g/mol. The van der Waals surface area contributed by atoms with Crippen molar-refractivity contribution in [3.05, 3.63) is 57.0 Å². The van der Waals surface area contributed by atoms with Crippen LogP contribution in [-0.2, 0) is 10.0 Å². The number of hydrogen-bond acceptors (Lipinski definition) is 3. The predicted molar refractivity (Wildman–Crippen MR) is 104 cm³/mol. The first kappa shape index (κ1) is 18.8. The first-order chi connectivity index (χ1) is 11.8. The molecule has 0 amide bonds. The van der Waals surface area contributed by atoms with Crippen molar-refractivity contribution >= 4 is 50.5 Å². The maximum Gasteiger partial charge on any atom is 0.244 e. The van der Waals surface area contributed by atoms with Gasteiger partial charge in [0.1, 0.15) is 4.90 Å². The lowest BCUT2D eigenvalue weighted by atomic mass is 10.1. The lowest BCUT2D eigenvalue weighted by molar-refractivity contribution is 0.385. The van der Waals surface area contributed by atoms with Crippen molar-refractivity contribution in [3.63, 3.8) is 0 Å². The van der Waals surface area contributed by atoms with Crippen LogP contribution in [0.2, 0.25) is 15.1 Å². The molecular weight excluding hydrogens is 403 g/mol. The van der Waals surface area contributed by atoms with Crippen molar-refractivity contribution in [2.75, 3.05) is 31.1 Å². The molecule has 0 radical (unpaired) electrons. The van der Waals surface area contributed by atoms with E-state index in [1.807, 2.05) is 25.1 Å². The molecule has 3 rings (SSSR count). The number of nitrogens with zero attached hydrogens (tertiary/aromatic N) is 2. The Balaban J connectivity index is 1.80. The molecule has 0 unspecified atom stereocenters. The van der Waals surface area contributed by atoms with E-state index >= 15 is 0 Å². The number of piperazine rings is 1. The summed E-state index contributed by atoms with van der Waals surface area (Å²) in [6.45, 7) is 3.92. The van der Waals surface area contributed by atoms with Crippen molar-refractivity contribution in [2.24, 2.45) is 0 Å². The van der Waals surface area contributed by atoms with E-state index in [1.165, 1.54) is 16.4 Å². The fourth-order valence-electron chi connectivity index (χ4n) is 2.91. The number of halogens is 3. The molecule has 0 spiro atoms. The van der Waals surface area contributed by atoms with Crippen LogP contribution < -0.4 is 4.90 Å². The fourth-order valence-corrected chi connectivity index (χ4v) is 5.23. The monoisotopic (exact) mass is 418 g/mol. The van der Waals surface area contributed by atoms with Gasteiger partial charge in [0, 0.05) is 41.9 Å². The van der Waals surface area contributed by atoms with E-state index in [1.54, 1.807) is 6.07 Å². The highest BCUT2D eigenvalue weighted by Crippen LogP contribution is 2.30. The van der Waals surface area contributed by atoms with Crippen LogP contribution in [0.4, 0.5) is 5.69 Å². The number of sulfonamides is 1. The van der Waals surface area contributed by atoms with Crippen LogP contribution >= 0.6 is 34.8 Å². The summed E-state index contributed by atoms with van der Waals surface area (Å²) in [5, 5.41) is 1.19. The molecule has 0 N–H and O–H groups in total. The first-order valence-corrected chi connectivity index (χ1v) is 10.3. The molecule has 2 aromatic rings. The van der Waals surface area contributed by atoms with Crippen LogP contribution in [0.15, 0.2) is 41.3 Å². The van der Waals surface area contributed by atoms with Crippen molar-refractivity contribution < 1.29 is 8.42 Å². The standard InChI is InChI=1S/C17H17Cl3N2O2S/c1-12-2-3-13(18)10-16(12)21-6-8-22(9-7-21)25(23,24)17-11-14(19)4-5-15(17)20/h2-5,10-11H,6-9H2,1H3. The summed E-state index contributed by atoms with van der Waals surface area (Å²) >= 11 is 18.1. The van der Waals surface area contributed by atoms with Gasteiger partial charge in [0.2, 0.25) is 10.0 Å². The molecule has 8 heteroatoms. The molecular formula is C17H17Cl3N2O2S. The van der Waals surface area contributed by atoms with Gasteiger partial charge in [0.05, 0.1) is 5.02 Å². The number of benzene rings is 2. The zero-order valence-corrected chi connectivity index (χ0v) is 16.6. The number of anilines is 1. The van der Waals surface area contributed by atoms with Gasteiger partial charge in [-0.3, -0.25) is 0 Å². The minimum absolute atomic E-state index is 0.0500. The summed E-state index contributed by atoms with van der Waals surface area (Å²) in [7, 11) is -3.67. The van der Waals surface area contributed by atoms with E-state index in [0.717, 1.165) is 11.3 Å². The Morgan fingerprint density at radius 2 is 1.48 bits per heavy atom. The summed E-state index contributed by atoms with van der Waals surface area (Å²) in [5.41, 5.74) is 2.14. The van der Waals surface area contributed by atoms with Gasteiger partial charge in [-0.05, 0) is 42.8 Å². The van der Waals surface area contributed by atoms with Gasteiger partial charge in [0.25, 0.3) is 0 Å². The quantitative estimate of drug-likeness (QED) is 0.737. The van der Waals surface area contributed by atoms with E-state index < -0.39 is 10.0 Å². The minimum atomic E-state index is -3.67. The van der Waals surface area contributed by atoms with Gasteiger partial charge >= 0.3 is 0 Å². The third-order valence-electron chi connectivity index (χ3n) is 4.26. The molecule has 1 heterocycles. The molecule has 0 atom stereocenters. The Kier molecular flexibility index (Phi) is 5.51. The fraction of sp³-hybridized carbons (Fsp3) is 0.294. The molecule has 0 bridgehead atoms. The molecule has 1 aliphatic rings. The highest BCUT2D eigenvalue weighted by Gasteiger charge is 2.30. The maximum absolute atomic E-state index is 12.9. The van der Waals surface area contributed by atoms with Crippen LogP contribution in [0, 0.1) is 6.92 Å². The summed E-state index contributed by atoms with van der Waals surface area (Å²) in [6.07, 6.45) is 0. The molecule has 0 aliphatic carbocycles. The van der Waals surface area contributed by atoms with Crippen LogP contribution in [0.25, 0.3) is 0 Å². The lowest BCUT2D eigenvalue weighted by Gasteiger charge is -2.36. The third kappa shape index (κ3) is 3.91. The zero-order valence-electron chi connectivity index (χ0n) is 13.5. The second-order valence-corrected chi connectivity index (χ2v) is 9.08. The van der Waals surface area contributed by atoms with E-state index in [2.05, 4.69) is 4.90 Å². The van der Waals surface area contributed by atoms with Crippen molar-refractivity contribution in [2.45, 2.75) is 11.8 Å². The normalized spacial score (nSPS) is 16.2. The molecule has 25 heavy (non-hydrogen) atoms. The van der Waals surface area contributed by atoms with Crippen LogP contribution in [0.1, 0.15) is 5.56 Å². The summed E-state index contributed by atoms with van der Waals surface area (Å²) in [4.78, 5) is 2.20. The van der Waals surface area contributed by atoms with E-state index in [9.17, 15) is 8.42 Å².